The number of aryl methyl sites for hydroxylation is 1. The molecule has 0 aliphatic heterocycles. The van der Waals surface area contributed by atoms with E-state index in [1.165, 1.54) is 10.9 Å². The summed E-state index contributed by atoms with van der Waals surface area (Å²) in [4.78, 5) is 12.9. The molecule has 0 atom stereocenters. The van der Waals surface area contributed by atoms with Crippen LogP contribution in [0.2, 0.25) is 0 Å². The van der Waals surface area contributed by atoms with E-state index >= 15 is 0 Å². The van der Waals surface area contributed by atoms with Gasteiger partial charge in [0.2, 0.25) is 5.95 Å². The molecule has 0 bridgehead atoms. The highest BCUT2D eigenvalue weighted by Gasteiger charge is 2.18. The van der Waals surface area contributed by atoms with Crippen molar-refractivity contribution in [1.82, 2.24) is 34.9 Å². The number of nitrogens with one attached hydrogen (secondary N) is 2. The molecule has 0 aromatic carbocycles. The first-order valence-corrected chi connectivity index (χ1v) is 9.16. The van der Waals surface area contributed by atoms with Crippen molar-refractivity contribution in [3.8, 4) is 28.6 Å². The molecule has 4 rings (SSSR count). The molecule has 0 spiro atoms. The lowest BCUT2D eigenvalue weighted by atomic mass is 10.1. The fraction of sp³-hybridized carbons (Fsp3) is 0.263. The number of aromatic nitrogens is 7. The van der Waals surface area contributed by atoms with E-state index in [-0.39, 0.29) is 0 Å². The van der Waals surface area contributed by atoms with Crippen molar-refractivity contribution in [2.24, 2.45) is 0 Å². The molecule has 11 heteroatoms. The number of nitriles is 1. The van der Waals surface area contributed by atoms with Crippen molar-refractivity contribution >= 4 is 17.0 Å². The number of hydrogen-bond donors (Lipinski definition) is 2. The second-order valence-electron chi connectivity index (χ2n) is 6.55. The van der Waals surface area contributed by atoms with Gasteiger partial charge in [0.15, 0.2) is 5.65 Å². The molecule has 0 amide bonds. The van der Waals surface area contributed by atoms with E-state index in [1.54, 1.807) is 18.5 Å². The third kappa shape index (κ3) is 3.93. The number of pyridine rings is 1. The highest BCUT2D eigenvalue weighted by molar-refractivity contribution is 5.86. The molecule has 0 saturated heterocycles. The van der Waals surface area contributed by atoms with Crippen molar-refractivity contribution in [3.05, 3.63) is 36.4 Å². The van der Waals surface area contributed by atoms with Crippen LogP contribution >= 0.6 is 0 Å². The van der Waals surface area contributed by atoms with E-state index in [9.17, 15) is 8.78 Å². The summed E-state index contributed by atoms with van der Waals surface area (Å²) in [7, 11) is 0. The quantitative estimate of drug-likeness (QED) is 0.450. The zero-order valence-corrected chi connectivity index (χ0v) is 16.0. The van der Waals surface area contributed by atoms with E-state index in [2.05, 4.69) is 35.6 Å². The molecule has 30 heavy (non-hydrogen) atoms. The minimum atomic E-state index is -2.55. The Labute approximate surface area is 169 Å². The molecule has 4 aromatic heterocycles. The molecule has 0 aliphatic carbocycles. The SMILES string of the molecule is Cc1[nH]nc2ncc(-c3nn(CC(F)F)cc3-c3ccnc(NCCC#N)n3)cc12. The van der Waals surface area contributed by atoms with Crippen LogP contribution in [-0.2, 0) is 6.54 Å². The molecule has 0 saturated carbocycles. The fourth-order valence-electron chi connectivity index (χ4n) is 3.03. The monoisotopic (exact) mass is 409 g/mol. The Balaban J connectivity index is 1.78. The van der Waals surface area contributed by atoms with Crippen LogP contribution in [0.4, 0.5) is 14.7 Å². The molecule has 2 N–H and O–H groups in total. The fourth-order valence-corrected chi connectivity index (χ4v) is 3.03. The summed E-state index contributed by atoms with van der Waals surface area (Å²) in [6, 6.07) is 5.58. The summed E-state index contributed by atoms with van der Waals surface area (Å²) in [5.74, 6) is 0.342. The van der Waals surface area contributed by atoms with Gasteiger partial charge in [0.25, 0.3) is 6.43 Å². The average molecular weight is 409 g/mol. The van der Waals surface area contributed by atoms with Crippen LogP contribution in [0.1, 0.15) is 12.1 Å². The number of alkyl halides is 2. The van der Waals surface area contributed by atoms with Crippen LogP contribution in [0, 0.1) is 18.3 Å². The molecule has 4 heterocycles. The smallest absolute Gasteiger partial charge is 0.257 e. The Hall–Kier alpha value is -3.94. The molecule has 0 unspecified atom stereocenters. The third-order valence-electron chi connectivity index (χ3n) is 4.41. The zero-order valence-electron chi connectivity index (χ0n) is 16.0. The second-order valence-corrected chi connectivity index (χ2v) is 6.55. The predicted octanol–water partition coefficient (Wildman–Crippen LogP) is 3.18. The Bertz CT molecular complexity index is 1220. The van der Waals surface area contributed by atoms with Crippen LogP contribution < -0.4 is 5.32 Å². The number of fused-ring (bicyclic) bond motifs is 1. The van der Waals surface area contributed by atoms with Gasteiger partial charge in [0.1, 0.15) is 12.2 Å². The topological polar surface area (TPSA) is 121 Å². The molecular weight excluding hydrogens is 392 g/mol. The lowest BCUT2D eigenvalue weighted by Gasteiger charge is -2.05. The minimum absolute atomic E-state index is 0.306. The lowest BCUT2D eigenvalue weighted by Crippen LogP contribution is -2.06. The highest BCUT2D eigenvalue weighted by Crippen LogP contribution is 2.31. The van der Waals surface area contributed by atoms with Gasteiger partial charge in [-0.05, 0) is 19.1 Å². The molecule has 9 nitrogen and oxygen atoms in total. The van der Waals surface area contributed by atoms with Gasteiger partial charge in [0, 0.05) is 47.3 Å². The summed E-state index contributed by atoms with van der Waals surface area (Å²) >= 11 is 0. The van der Waals surface area contributed by atoms with Gasteiger partial charge >= 0.3 is 0 Å². The maximum atomic E-state index is 13.0. The van der Waals surface area contributed by atoms with Crippen molar-refractivity contribution < 1.29 is 8.78 Å². The van der Waals surface area contributed by atoms with Gasteiger partial charge < -0.3 is 5.32 Å². The number of aromatic amines is 1. The summed E-state index contributed by atoms with van der Waals surface area (Å²) in [5.41, 5.74) is 3.64. The molecule has 0 aliphatic rings. The first kappa shape index (κ1) is 19.4. The Morgan fingerprint density at radius 3 is 3.00 bits per heavy atom. The summed E-state index contributed by atoms with van der Waals surface area (Å²) < 4.78 is 27.2. The maximum Gasteiger partial charge on any atom is 0.257 e. The Morgan fingerprint density at radius 1 is 1.33 bits per heavy atom. The summed E-state index contributed by atoms with van der Waals surface area (Å²) in [5, 5.41) is 23.8. The van der Waals surface area contributed by atoms with Crippen molar-refractivity contribution in [1.29, 1.82) is 5.26 Å². The number of anilines is 1. The summed E-state index contributed by atoms with van der Waals surface area (Å²) in [6.07, 6.45) is 2.47. The van der Waals surface area contributed by atoms with Crippen molar-refractivity contribution in [2.45, 2.75) is 26.3 Å². The minimum Gasteiger partial charge on any atom is -0.353 e. The molecule has 0 radical (unpaired) electrons. The standard InChI is InChI=1S/C19H17F2N9/c1-11-13-7-12(8-25-18(13)28-27-11)17-14(9-30(29-17)10-16(20)21)15-3-6-24-19(26-15)23-5-2-4-22/h3,6-9,16H,2,5,10H2,1H3,(H,23,24,26)(H,25,27,28). The number of hydrogen-bond acceptors (Lipinski definition) is 7. The van der Waals surface area contributed by atoms with Gasteiger partial charge in [-0.25, -0.2) is 23.7 Å². The van der Waals surface area contributed by atoms with E-state index < -0.39 is 13.0 Å². The molecule has 0 fully saturated rings. The first-order valence-electron chi connectivity index (χ1n) is 9.16. The molecular formula is C19H17F2N9. The van der Waals surface area contributed by atoms with E-state index in [0.29, 0.717) is 47.1 Å². The van der Waals surface area contributed by atoms with Crippen molar-refractivity contribution in [3.63, 3.8) is 0 Å². The summed E-state index contributed by atoms with van der Waals surface area (Å²) in [6.45, 7) is 1.74. The number of H-pyrrole nitrogens is 1. The Morgan fingerprint density at radius 2 is 2.20 bits per heavy atom. The second kappa shape index (κ2) is 8.20. The first-order chi connectivity index (χ1) is 14.5. The normalized spacial score (nSPS) is 11.2. The average Bonchev–Trinajstić information content (AvgIpc) is 3.31. The van der Waals surface area contributed by atoms with Gasteiger partial charge in [-0.15, -0.1) is 0 Å². The van der Waals surface area contributed by atoms with Gasteiger partial charge in [-0.3, -0.25) is 9.78 Å². The predicted molar refractivity (Wildman–Crippen MR) is 106 cm³/mol. The van der Waals surface area contributed by atoms with E-state index in [4.69, 9.17) is 5.26 Å². The zero-order chi connectivity index (χ0) is 21.1. The van der Waals surface area contributed by atoms with Crippen LogP contribution in [0.15, 0.2) is 30.7 Å². The van der Waals surface area contributed by atoms with E-state index in [0.717, 1.165) is 11.1 Å². The van der Waals surface area contributed by atoms with Gasteiger partial charge in [0.05, 0.1) is 18.2 Å². The number of nitrogens with zero attached hydrogens (tertiary/aromatic N) is 7. The number of rotatable bonds is 7. The highest BCUT2D eigenvalue weighted by atomic mass is 19.3. The van der Waals surface area contributed by atoms with Gasteiger partial charge in [-0.2, -0.15) is 15.5 Å². The number of halogens is 2. The maximum absolute atomic E-state index is 13.0. The van der Waals surface area contributed by atoms with E-state index in [1.807, 2.05) is 19.1 Å². The third-order valence-corrected chi connectivity index (χ3v) is 4.41. The lowest BCUT2D eigenvalue weighted by molar-refractivity contribution is 0.122. The van der Waals surface area contributed by atoms with Crippen LogP contribution in [-0.4, -0.2) is 47.9 Å². The molecule has 152 valence electrons. The largest absolute Gasteiger partial charge is 0.353 e. The van der Waals surface area contributed by atoms with Crippen LogP contribution in [0.3, 0.4) is 0 Å². The van der Waals surface area contributed by atoms with Crippen LogP contribution in [0.5, 0.6) is 0 Å². The molecule has 4 aromatic rings. The van der Waals surface area contributed by atoms with Gasteiger partial charge in [-0.1, -0.05) is 0 Å². The van der Waals surface area contributed by atoms with Crippen molar-refractivity contribution in [2.75, 3.05) is 11.9 Å². The Kier molecular flexibility index (Phi) is 5.30. The van der Waals surface area contributed by atoms with Crippen LogP contribution in [0.25, 0.3) is 33.5 Å².